The minimum absolute atomic E-state index is 0.0596. The summed E-state index contributed by atoms with van der Waals surface area (Å²) in [5, 5.41) is 11.7. The van der Waals surface area contributed by atoms with Gasteiger partial charge in [0, 0.05) is 18.8 Å². The molecule has 4 heterocycles. The van der Waals surface area contributed by atoms with Crippen LogP contribution in [0.2, 0.25) is 0 Å². The first-order valence-corrected chi connectivity index (χ1v) is 14.6. The van der Waals surface area contributed by atoms with Crippen molar-refractivity contribution in [1.82, 2.24) is 24.6 Å². The molecular formula is C29H27N5O2S2. The molecule has 1 saturated heterocycles. The van der Waals surface area contributed by atoms with Crippen LogP contribution < -0.4 is 0 Å². The van der Waals surface area contributed by atoms with Gasteiger partial charge in [-0.25, -0.2) is 4.98 Å². The van der Waals surface area contributed by atoms with Gasteiger partial charge >= 0.3 is 0 Å². The van der Waals surface area contributed by atoms with Gasteiger partial charge in [-0.15, -0.1) is 21.5 Å². The third-order valence-electron chi connectivity index (χ3n) is 6.75. The molecule has 2 aromatic carbocycles. The van der Waals surface area contributed by atoms with Crippen LogP contribution in [0.25, 0.3) is 16.4 Å². The zero-order valence-corrected chi connectivity index (χ0v) is 22.4. The molecule has 38 heavy (non-hydrogen) atoms. The lowest BCUT2D eigenvalue weighted by Gasteiger charge is -2.31. The maximum atomic E-state index is 13.1. The molecule has 7 nitrogen and oxygen atoms in total. The standard InChI is InChI=1S/C29H27N5O2S2/c35-28(33-15-13-22(14-16-33)18-21-8-3-1-4-9-21)24-19-36-26(30-24)20-38-29-32-31-27(25-12-7-17-37-25)34(29)23-10-5-2-6-11-23/h1-12,17,19,22H,13-16,18,20H2. The van der Waals surface area contributed by atoms with Crippen molar-refractivity contribution in [2.45, 2.75) is 30.2 Å². The van der Waals surface area contributed by atoms with E-state index in [1.807, 2.05) is 63.4 Å². The Bertz CT molecular complexity index is 1470. The Hall–Kier alpha value is -3.69. The number of amides is 1. The topological polar surface area (TPSA) is 77.0 Å². The van der Waals surface area contributed by atoms with Gasteiger partial charge in [0.2, 0.25) is 5.89 Å². The van der Waals surface area contributed by atoms with Crippen LogP contribution in [0.1, 0.15) is 34.8 Å². The van der Waals surface area contributed by atoms with Gasteiger partial charge in [-0.3, -0.25) is 9.36 Å². The van der Waals surface area contributed by atoms with Crippen molar-refractivity contribution < 1.29 is 9.21 Å². The van der Waals surface area contributed by atoms with Crippen molar-refractivity contribution in [3.8, 4) is 16.4 Å². The van der Waals surface area contributed by atoms with Gasteiger partial charge in [-0.1, -0.05) is 66.4 Å². The van der Waals surface area contributed by atoms with Crippen molar-refractivity contribution in [3.05, 3.63) is 102 Å². The highest BCUT2D eigenvalue weighted by Crippen LogP contribution is 2.31. The Morgan fingerprint density at radius 3 is 2.47 bits per heavy atom. The van der Waals surface area contributed by atoms with Crippen LogP contribution in [0, 0.1) is 5.92 Å². The first-order chi connectivity index (χ1) is 18.7. The average Bonchev–Trinajstić information content (AvgIpc) is 3.74. The zero-order valence-electron chi connectivity index (χ0n) is 20.8. The Morgan fingerprint density at radius 2 is 1.74 bits per heavy atom. The van der Waals surface area contributed by atoms with Gasteiger partial charge in [0.25, 0.3) is 5.91 Å². The molecule has 0 unspecified atom stereocenters. The summed E-state index contributed by atoms with van der Waals surface area (Å²) in [4.78, 5) is 20.6. The lowest BCUT2D eigenvalue weighted by atomic mass is 9.90. The monoisotopic (exact) mass is 541 g/mol. The van der Waals surface area contributed by atoms with Gasteiger partial charge in [0.05, 0.1) is 10.6 Å². The normalized spacial score (nSPS) is 14.2. The van der Waals surface area contributed by atoms with Crippen LogP contribution in [0.5, 0.6) is 0 Å². The van der Waals surface area contributed by atoms with E-state index >= 15 is 0 Å². The van der Waals surface area contributed by atoms with Crippen molar-refractivity contribution >= 4 is 29.0 Å². The number of thioether (sulfide) groups is 1. The number of oxazole rings is 1. The lowest BCUT2D eigenvalue weighted by Crippen LogP contribution is -2.39. The summed E-state index contributed by atoms with van der Waals surface area (Å²) >= 11 is 3.12. The number of aromatic nitrogens is 4. The molecule has 1 amide bonds. The van der Waals surface area contributed by atoms with E-state index in [0.29, 0.717) is 23.3 Å². The molecule has 0 atom stereocenters. The van der Waals surface area contributed by atoms with E-state index in [-0.39, 0.29) is 5.91 Å². The van der Waals surface area contributed by atoms with E-state index in [2.05, 4.69) is 39.4 Å². The molecule has 0 saturated carbocycles. The van der Waals surface area contributed by atoms with Gasteiger partial charge in [0.15, 0.2) is 16.7 Å². The second-order valence-corrected chi connectivity index (χ2v) is 11.2. The number of rotatable bonds is 8. The predicted octanol–water partition coefficient (Wildman–Crippen LogP) is 6.37. The molecule has 9 heteroatoms. The van der Waals surface area contributed by atoms with E-state index in [9.17, 15) is 4.79 Å². The van der Waals surface area contributed by atoms with Crippen LogP contribution in [0.15, 0.2) is 94.0 Å². The summed E-state index contributed by atoms with van der Waals surface area (Å²) in [6.45, 7) is 1.50. The van der Waals surface area contributed by atoms with Crippen LogP contribution in [-0.2, 0) is 12.2 Å². The van der Waals surface area contributed by atoms with Crippen molar-refractivity contribution in [3.63, 3.8) is 0 Å². The number of thiophene rings is 1. The highest BCUT2D eigenvalue weighted by atomic mass is 32.2. The summed E-state index contributed by atoms with van der Waals surface area (Å²) < 4.78 is 7.73. The number of hydrogen-bond donors (Lipinski definition) is 0. The van der Waals surface area contributed by atoms with Crippen LogP contribution >= 0.6 is 23.1 Å². The molecule has 1 aliphatic rings. The second kappa shape index (κ2) is 11.4. The quantitative estimate of drug-likeness (QED) is 0.213. The molecule has 192 valence electrons. The number of likely N-dealkylation sites (tertiary alicyclic amines) is 1. The molecule has 5 aromatic rings. The minimum atomic E-state index is -0.0596. The van der Waals surface area contributed by atoms with Crippen molar-refractivity contribution in [2.75, 3.05) is 13.1 Å². The van der Waals surface area contributed by atoms with Crippen molar-refractivity contribution in [1.29, 1.82) is 0 Å². The van der Waals surface area contributed by atoms with E-state index in [1.54, 1.807) is 11.3 Å². The molecule has 0 aliphatic carbocycles. The van der Waals surface area contributed by atoms with E-state index < -0.39 is 0 Å². The van der Waals surface area contributed by atoms with Crippen LogP contribution in [-0.4, -0.2) is 43.6 Å². The Kier molecular flexibility index (Phi) is 7.37. The Morgan fingerprint density at radius 1 is 0.974 bits per heavy atom. The Labute approximate surface area is 229 Å². The summed E-state index contributed by atoms with van der Waals surface area (Å²) in [5.41, 5.74) is 2.72. The van der Waals surface area contributed by atoms with Gasteiger partial charge in [0.1, 0.15) is 6.26 Å². The molecule has 1 aliphatic heterocycles. The molecule has 0 bridgehead atoms. The number of nitrogens with zero attached hydrogens (tertiary/aromatic N) is 5. The summed E-state index contributed by atoms with van der Waals surface area (Å²) in [6.07, 6.45) is 4.55. The molecule has 0 N–H and O–H groups in total. The van der Waals surface area contributed by atoms with E-state index in [1.165, 1.54) is 23.6 Å². The second-order valence-electron chi connectivity index (χ2n) is 9.29. The lowest BCUT2D eigenvalue weighted by molar-refractivity contribution is 0.0684. The first-order valence-electron chi connectivity index (χ1n) is 12.7. The van der Waals surface area contributed by atoms with Crippen LogP contribution in [0.3, 0.4) is 0 Å². The molecule has 0 spiro atoms. The third kappa shape index (κ3) is 5.44. The molecule has 0 radical (unpaired) electrons. The van der Waals surface area contributed by atoms with Gasteiger partial charge in [-0.2, -0.15) is 0 Å². The number of piperidine rings is 1. The predicted molar refractivity (Wildman–Crippen MR) is 150 cm³/mol. The Balaban J connectivity index is 1.09. The molecule has 1 fully saturated rings. The highest BCUT2D eigenvalue weighted by molar-refractivity contribution is 7.98. The fourth-order valence-corrected chi connectivity index (χ4v) is 6.29. The zero-order chi connectivity index (χ0) is 25.7. The smallest absolute Gasteiger partial charge is 0.275 e. The number of carbonyl (C=O) groups is 1. The number of para-hydroxylation sites is 1. The maximum absolute atomic E-state index is 13.1. The third-order valence-corrected chi connectivity index (χ3v) is 8.53. The summed E-state index contributed by atoms with van der Waals surface area (Å²) in [6, 6.07) is 24.7. The average molecular weight is 542 g/mol. The van der Waals surface area contributed by atoms with Crippen molar-refractivity contribution in [2.24, 2.45) is 5.92 Å². The largest absolute Gasteiger partial charge is 0.447 e. The maximum Gasteiger partial charge on any atom is 0.275 e. The fraction of sp³-hybridized carbons (Fsp3) is 0.241. The summed E-state index contributed by atoms with van der Waals surface area (Å²) in [7, 11) is 0. The summed E-state index contributed by atoms with van der Waals surface area (Å²) in [5.74, 6) is 2.29. The van der Waals surface area contributed by atoms with Gasteiger partial charge < -0.3 is 9.32 Å². The number of benzene rings is 2. The molecule has 6 rings (SSSR count). The number of carbonyl (C=O) groups excluding carboxylic acids is 1. The fourth-order valence-electron chi connectivity index (χ4n) is 4.79. The van der Waals surface area contributed by atoms with Gasteiger partial charge in [-0.05, 0) is 54.3 Å². The molecular weight excluding hydrogens is 514 g/mol. The molecule has 3 aromatic heterocycles. The van der Waals surface area contributed by atoms with Crippen LogP contribution in [0.4, 0.5) is 0 Å². The minimum Gasteiger partial charge on any atom is -0.447 e. The first kappa shape index (κ1) is 24.6. The number of hydrogen-bond acceptors (Lipinski definition) is 7. The highest BCUT2D eigenvalue weighted by Gasteiger charge is 2.26. The van der Waals surface area contributed by atoms with E-state index in [4.69, 9.17) is 4.42 Å². The van der Waals surface area contributed by atoms with E-state index in [0.717, 1.165) is 53.9 Å². The SMILES string of the molecule is O=C(c1coc(CSc2nnc(-c3cccs3)n2-c2ccccc2)n1)N1CCC(Cc2ccccc2)CC1.